The SMILES string of the molecule is CCc1nc2ncc(COC)cn2c1C(=O)[O-]. The molecule has 0 aliphatic carbocycles. The van der Waals surface area contributed by atoms with Crippen molar-refractivity contribution in [1.82, 2.24) is 14.4 Å². The first-order chi connectivity index (χ1) is 8.17. The molecule has 0 unspecified atom stereocenters. The molecule has 2 heterocycles. The van der Waals surface area contributed by atoms with Crippen molar-refractivity contribution in [2.24, 2.45) is 0 Å². The number of imidazole rings is 1. The summed E-state index contributed by atoms with van der Waals surface area (Å²) in [6.45, 7) is 2.21. The number of hydrogen-bond donors (Lipinski definition) is 0. The zero-order valence-electron chi connectivity index (χ0n) is 9.64. The molecule has 0 N–H and O–H groups in total. The van der Waals surface area contributed by atoms with E-state index in [0.29, 0.717) is 24.5 Å². The monoisotopic (exact) mass is 234 g/mol. The van der Waals surface area contributed by atoms with Gasteiger partial charge in [-0.15, -0.1) is 0 Å². The van der Waals surface area contributed by atoms with Crippen molar-refractivity contribution in [1.29, 1.82) is 0 Å². The molecule has 90 valence electrons. The summed E-state index contributed by atoms with van der Waals surface area (Å²) in [7, 11) is 1.56. The maximum atomic E-state index is 11.1. The summed E-state index contributed by atoms with van der Waals surface area (Å²) in [4.78, 5) is 19.3. The molecule has 0 aliphatic rings. The van der Waals surface area contributed by atoms with Gasteiger partial charge in [-0.2, -0.15) is 0 Å². The molecular formula is C11H12N3O3-. The topological polar surface area (TPSA) is 79.5 Å². The van der Waals surface area contributed by atoms with E-state index in [4.69, 9.17) is 4.74 Å². The van der Waals surface area contributed by atoms with E-state index in [0.717, 1.165) is 5.56 Å². The van der Waals surface area contributed by atoms with Gasteiger partial charge in [0, 0.05) is 25.1 Å². The van der Waals surface area contributed by atoms with Crippen LogP contribution in [0.2, 0.25) is 0 Å². The van der Waals surface area contributed by atoms with Crippen LogP contribution in [0.3, 0.4) is 0 Å². The molecule has 0 fully saturated rings. The van der Waals surface area contributed by atoms with E-state index in [1.807, 2.05) is 6.92 Å². The number of aryl methyl sites for hydroxylation is 1. The molecule has 0 aromatic carbocycles. The molecule has 0 aliphatic heterocycles. The molecule has 0 atom stereocenters. The molecule has 0 radical (unpaired) electrons. The second-order valence-electron chi connectivity index (χ2n) is 3.61. The van der Waals surface area contributed by atoms with Crippen LogP contribution in [0, 0.1) is 0 Å². The Kier molecular flexibility index (Phi) is 3.06. The number of aromatic nitrogens is 3. The van der Waals surface area contributed by atoms with Crippen molar-refractivity contribution >= 4 is 11.7 Å². The van der Waals surface area contributed by atoms with Crippen molar-refractivity contribution in [2.75, 3.05) is 7.11 Å². The van der Waals surface area contributed by atoms with Gasteiger partial charge in [0.2, 0.25) is 5.78 Å². The number of rotatable bonds is 4. The fraction of sp³-hybridized carbons (Fsp3) is 0.364. The molecule has 2 aromatic rings. The van der Waals surface area contributed by atoms with Gasteiger partial charge >= 0.3 is 0 Å². The Morgan fingerprint density at radius 1 is 1.59 bits per heavy atom. The number of hydrogen-bond acceptors (Lipinski definition) is 5. The van der Waals surface area contributed by atoms with Crippen LogP contribution in [-0.2, 0) is 17.8 Å². The van der Waals surface area contributed by atoms with Crippen LogP contribution in [0.15, 0.2) is 12.4 Å². The van der Waals surface area contributed by atoms with E-state index in [1.54, 1.807) is 19.5 Å². The molecule has 2 rings (SSSR count). The number of aromatic carboxylic acids is 1. The van der Waals surface area contributed by atoms with Gasteiger partial charge in [-0.3, -0.25) is 4.40 Å². The lowest BCUT2D eigenvalue weighted by Crippen LogP contribution is -2.25. The fourth-order valence-electron chi connectivity index (χ4n) is 1.72. The number of carbonyl (C=O) groups is 1. The van der Waals surface area contributed by atoms with Crippen molar-refractivity contribution in [3.8, 4) is 0 Å². The third-order valence-corrected chi connectivity index (χ3v) is 2.44. The highest BCUT2D eigenvalue weighted by Gasteiger charge is 2.12. The summed E-state index contributed by atoms with van der Waals surface area (Å²) >= 11 is 0. The molecule has 0 bridgehead atoms. The lowest BCUT2D eigenvalue weighted by molar-refractivity contribution is -0.255. The summed E-state index contributed by atoms with van der Waals surface area (Å²) in [5, 5.41) is 11.1. The predicted molar refractivity (Wildman–Crippen MR) is 57.4 cm³/mol. The maximum Gasteiger partial charge on any atom is 0.234 e. The molecule has 6 heteroatoms. The smallest absolute Gasteiger partial charge is 0.234 e. The Balaban J connectivity index is 2.65. The Hall–Kier alpha value is -1.95. The minimum Gasteiger partial charge on any atom is -0.543 e. The average molecular weight is 234 g/mol. The standard InChI is InChI=1S/C11H13N3O3/c1-3-8-9(10(15)16)14-5-7(6-17-2)4-12-11(14)13-8/h4-5H,3,6H2,1-2H3,(H,15,16)/p-1. The van der Waals surface area contributed by atoms with Crippen LogP contribution >= 0.6 is 0 Å². The van der Waals surface area contributed by atoms with Gasteiger partial charge in [0.25, 0.3) is 0 Å². The molecule has 0 amide bonds. The van der Waals surface area contributed by atoms with Crippen molar-refractivity contribution < 1.29 is 14.6 Å². The number of methoxy groups -OCH3 is 1. The van der Waals surface area contributed by atoms with E-state index in [-0.39, 0.29) is 5.69 Å². The van der Waals surface area contributed by atoms with Gasteiger partial charge in [-0.1, -0.05) is 6.92 Å². The van der Waals surface area contributed by atoms with Crippen molar-refractivity contribution in [3.05, 3.63) is 29.3 Å². The van der Waals surface area contributed by atoms with Crippen LogP contribution in [0.5, 0.6) is 0 Å². The van der Waals surface area contributed by atoms with E-state index in [1.165, 1.54) is 4.40 Å². The molecule has 0 saturated heterocycles. The van der Waals surface area contributed by atoms with Crippen LogP contribution in [0.25, 0.3) is 5.78 Å². The van der Waals surface area contributed by atoms with Crippen molar-refractivity contribution in [3.63, 3.8) is 0 Å². The van der Waals surface area contributed by atoms with E-state index >= 15 is 0 Å². The second kappa shape index (κ2) is 4.50. The minimum absolute atomic E-state index is 0.0629. The molecule has 2 aromatic heterocycles. The van der Waals surface area contributed by atoms with Crippen LogP contribution in [-0.4, -0.2) is 27.4 Å². The Morgan fingerprint density at radius 3 is 2.94 bits per heavy atom. The third-order valence-electron chi connectivity index (χ3n) is 2.44. The van der Waals surface area contributed by atoms with Gasteiger partial charge in [0.05, 0.1) is 24.0 Å². The number of fused-ring (bicyclic) bond motifs is 1. The lowest BCUT2D eigenvalue weighted by Gasteiger charge is -2.05. The largest absolute Gasteiger partial charge is 0.543 e. The number of carbonyl (C=O) groups excluding carboxylic acids is 1. The highest BCUT2D eigenvalue weighted by atomic mass is 16.5. The Labute approximate surface area is 97.9 Å². The average Bonchev–Trinajstić information content (AvgIpc) is 2.67. The summed E-state index contributed by atoms with van der Waals surface area (Å²) in [5.41, 5.74) is 1.32. The molecule has 0 spiro atoms. The summed E-state index contributed by atoms with van der Waals surface area (Å²) < 4.78 is 6.41. The normalized spacial score (nSPS) is 10.9. The van der Waals surface area contributed by atoms with Gasteiger partial charge in [0.1, 0.15) is 0 Å². The minimum atomic E-state index is -1.24. The van der Waals surface area contributed by atoms with Gasteiger partial charge in [-0.05, 0) is 6.42 Å². The Morgan fingerprint density at radius 2 is 2.35 bits per heavy atom. The molecule has 17 heavy (non-hydrogen) atoms. The summed E-state index contributed by atoms with van der Waals surface area (Å²) in [5.74, 6) is -0.883. The first-order valence-corrected chi connectivity index (χ1v) is 5.23. The molecule has 0 saturated carbocycles. The third kappa shape index (κ3) is 1.99. The Bertz CT molecular complexity index is 562. The second-order valence-corrected chi connectivity index (χ2v) is 3.61. The van der Waals surface area contributed by atoms with Gasteiger partial charge in [-0.25, -0.2) is 9.97 Å². The molecule has 6 nitrogen and oxygen atoms in total. The number of ether oxygens (including phenoxy) is 1. The quantitative estimate of drug-likeness (QED) is 0.732. The number of carboxylic acid groups (broad SMARTS) is 1. The number of carboxylic acids is 1. The van der Waals surface area contributed by atoms with Gasteiger partial charge < -0.3 is 14.6 Å². The van der Waals surface area contributed by atoms with Crippen LogP contribution < -0.4 is 5.11 Å². The van der Waals surface area contributed by atoms with E-state index < -0.39 is 5.97 Å². The zero-order chi connectivity index (χ0) is 12.4. The van der Waals surface area contributed by atoms with E-state index in [9.17, 15) is 9.90 Å². The lowest BCUT2D eigenvalue weighted by atomic mass is 10.2. The predicted octanol–water partition coefficient (Wildman–Crippen LogP) is -0.198. The first kappa shape index (κ1) is 11.5. The first-order valence-electron chi connectivity index (χ1n) is 5.23. The summed E-state index contributed by atoms with van der Waals surface area (Å²) in [6.07, 6.45) is 3.79. The number of nitrogens with zero attached hydrogens (tertiary/aromatic N) is 3. The fourth-order valence-corrected chi connectivity index (χ4v) is 1.72. The summed E-state index contributed by atoms with van der Waals surface area (Å²) in [6, 6.07) is 0. The van der Waals surface area contributed by atoms with Crippen molar-refractivity contribution in [2.45, 2.75) is 20.0 Å². The maximum absolute atomic E-state index is 11.1. The highest BCUT2D eigenvalue weighted by Crippen LogP contribution is 2.12. The van der Waals surface area contributed by atoms with E-state index in [2.05, 4.69) is 9.97 Å². The zero-order valence-corrected chi connectivity index (χ0v) is 9.64. The molecular weight excluding hydrogens is 222 g/mol. The highest BCUT2D eigenvalue weighted by molar-refractivity contribution is 5.86. The van der Waals surface area contributed by atoms with Gasteiger partial charge in [0.15, 0.2) is 0 Å². The van der Waals surface area contributed by atoms with Crippen LogP contribution in [0.4, 0.5) is 0 Å². The van der Waals surface area contributed by atoms with Crippen LogP contribution in [0.1, 0.15) is 28.7 Å².